The van der Waals surface area contributed by atoms with Crippen LogP contribution in [0.1, 0.15) is 80.4 Å². The molecule has 0 heterocycles. The summed E-state index contributed by atoms with van der Waals surface area (Å²) in [6.45, 7) is 20.3. The molecule has 158 valence electrons. The van der Waals surface area contributed by atoms with E-state index in [1.54, 1.807) is 7.05 Å². The van der Waals surface area contributed by atoms with Crippen molar-refractivity contribution in [1.82, 2.24) is 4.31 Å². The molecule has 0 bridgehead atoms. The fourth-order valence-corrected chi connectivity index (χ4v) is 3.93. The van der Waals surface area contributed by atoms with E-state index < -0.39 is 10.8 Å². The zero-order valence-electron chi connectivity index (χ0n) is 19.4. The van der Waals surface area contributed by atoms with E-state index in [1.165, 1.54) is 16.3 Å². The van der Waals surface area contributed by atoms with E-state index >= 15 is 0 Å². The molecule has 0 atom stereocenters. The number of ketones is 1. The highest BCUT2D eigenvalue weighted by Gasteiger charge is 2.34. The van der Waals surface area contributed by atoms with Gasteiger partial charge in [0.05, 0.1) is 4.75 Å². The van der Waals surface area contributed by atoms with Gasteiger partial charge >= 0.3 is 6.09 Å². The molecule has 4 nitrogen and oxygen atoms in total. The maximum Gasteiger partial charge on any atom is 0.425 e. The Morgan fingerprint density at radius 3 is 1.68 bits per heavy atom. The average Bonchev–Trinajstić information content (AvgIpc) is 2.51. The first-order valence-electron chi connectivity index (χ1n) is 9.80. The van der Waals surface area contributed by atoms with Crippen molar-refractivity contribution >= 4 is 23.8 Å². The minimum absolute atomic E-state index is 0.0608. The molecule has 0 saturated heterocycles. The summed E-state index contributed by atoms with van der Waals surface area (Å²) >= 11 is 1.19. The second-order valence-corrected chi connectivity index (χ2v) is 12.0. The molecule has 0 unspecified atom stereocenters. The largest absolute Gasteiger partial charge is 0.425 e. The average molecular weight is 408 g/mol. The molecule has 1 amide bonds. The van der Waals surface area contributed by atoms with Crippen LogP contribution in [0.3, 0.4) is 0 Å². The number of rotatable bonds is 5. The van der Waals surface area contributed by atoms with Gasteiger partial charge in [-0.25, -0.2) is 4.79 Å². The van der Waals surface area contributed by atoms with Crippen LogP contribution in [0.25, 0.3) is 0 Å². The molecular weight excluding hydrogens is 370 g/mol. The first kappa shape index (κ1) is 24.5. The Kier molecular flexibility index (Phi) is 7.43. The summed E-state index contributed by atoms with van der Waals surface area (Å²) in [5.41, 5.74) is 2.12. The predicted octanol–water partition coefficient (Wildman–Crippen LogP) is 6.36. The van der Waals surface area contributed by atoms with Gasteiger partial charge < -0.3 is 4.74 Å². The quantitative estimate of drug-likeness (QED) is 0.532. The van der Waals surface area contributed by atoms with Gasteiger partial charge in [0.15, 0.2) is 5.78 Å². The first-order valence-corrected chi connectivity index (χ1v) is 10.6. The molecule has 0 aliphatic rings. The lowest BCUT2D eigenvalue weighted by Crippen LogP contribution is -2.37. The Bertz CT molecular complexity index is 692. The van der Waals surface area contributed by atoms with Gasteiger partial charge in [0.25, 0.3) is 0 Å². The summed E-state index contributed by atoms with van der Waals surface area (Å²) < 4.78 is 6.39. The Morgan fingerprint density at radius 1 is 0.893 bits per heavy atom. The number of Topliss-reactive ketones (excluding diaryl/α,β-unsaturated/α-hetero) is 1. The Hall–Kier alpha value is -1.49. The SMILES string of the molecule is CC(C)C(=O)C(C)(C)SN(C)C(=O)Oc1cc(C(C)(C)C)cc(C(C)(C)C)c1. The zero-order chi connectivity index (χ0) is 22.1. The first-order chi connectivity index (χ1) is 12.4. The van der Waals surface area contributed by atoms with Gasteiger partial charge in [0.1, 0.15) is 5.75 Å². The van der Waals surface area contributed by atoms with Gasteiger partial charge in [-0.2, -0.15) is 0 Å². The highest BCUT2D eigenvalue weighted by molar-refractivity contribution is 7.99. The van der Waals surface area contributed by atoms with Crippen molar-refractivity contribution in [3.63, 3.8) is 0 Å². The molecule has 0 aliphatic heterocycles. The summed E-state index contributed by atoms with van der Waals surface area (Å²) in [6, 6.07) is 6.03. The molecule has 0 fully saturated rings. The van der Waals surface area contributed by atoms with Gasteiger partial charge in [-0.3, -0.25) is 9.10 Å². The van der Waals surface area contributed by atoms with Crippen LogP contribution in [-0.4, -0.2) is 28.0 Å². The molecule has 28 heavy (non-hydrogen) atoms. The van der Waals surface area contributed by atoms with Crippen molar-refractivity contribution < 1.29 is 14.3 Å². The van der Waals surface area contributed by atoms with Gasteiger partial charge in [-0.1, -0.05) is 61.5 Å². The third-order valence-electron chi connectivity index (χ3n) is 4.58. The predicted molar refractivity (Wildman–Crippen MR) is 119 cm³/mol. The second kappa shape index (κ2) is 8.48. The van der Waals surface area contributed by atoms with Crippen molar-refractivity contribution in [3.8, 4) is 5.75 Å². The number of carbonyl (C=O) groups excluding carboxylic acids is 2. The number of benzene rings is 1. The third kappa shape index (κ3) is 6.54. The molecular formula is C23H37NO3S. The molecule has 1 aromatic carbocycles. The Labute approximate surface area is 175 Å². The van der Waals surface area contributed by atoms with E-state index in [-0.39, 0.29) is 22.5 Å². The molecule has 0 radical (unpaired) electrons. The molecule has 0 aliphatic carbocycles. The monoisotopic (exact) mass is 407 g/mol. The maximum absolute atomic E-state index is 12.7. The van der Waals surface area contributed by atoms with Crippen molar-refractivity contribution in [1.29, 1.82) is 0 Å². The fraction of sp³-hybridized carbons (Fsp3) is 0.652. The molecule has 0 saturated carbocycles. The van der Waals surface area contributed by atoms with Gasteiger partial charge in [0, 0.05) is 13.0 Å². The van der Waals surface area contributed by atoms with Gasteiger partial charge in [-0.05, 0) is 59.9 Å². The minimum atomic E-state index is -0.703. The third-order valence-corrected chi connectivity index (χ3v) is 5.66. The van der Waals surface area contributed by atoms with Crippen LogP contribution in [0, 0.1) is 5.92 Å². The van der Waals surface area contributed by atoms with E-state index in [4.69, 9.17) is 4.74 Å². The summed E-state index contributed by atoms with van der Waals surface area (Å²) in [6.07, 6.45) is -0.486. The topological polar surface area (TPSA) is 46.6 Å². The van der Waals surface area contributed by atoms with E-state index in [2.05, 4.69) is 47.6 Å². The van der Waals surface area contributed by atoms with Crippen LogP contribution >= 0.6 is 11.9 Å². The minimum Gasteiger partial charge on any atom is -0.410 e. The number of ether oxygens (including phenoxy) is 1. The maximum atomic E-state index is 12.7. The smallest absolute Gasteiger partial charge is 0.410 e. The number of amides is 1. The molecule has 1 rings (SSSR count). The molecule has 0 N–H and O–H groups in total. The van der Waals surface area contributed by atoms with E-state index in [0.29, 0.717) is 5.75 Å². The van der Waals surface area contributed by atoms with Crippen LogP contribution < -0.4 is 4.74 Å². The number of hydrogen-bond donors (Lipinski definition) is 0. The van der Waals surface area contributed by atoms with Gasteiger partial charge in [0.2, 0.25) is 0 Å². The Morgan fingerprint density at radius 2 is 1.32 bits per heavy atom. The number of carbonyl (C=O) groups is 2. The standard InChI is InChI=1S/C23H37NO3S/c1-15(2)19(25)23(9,10)28-24(11)20(26)27-18-13-16(21(3,4)5)12-17(14-18)22(6,7)8/h12-15H,1-11H3. The second-order valence-electron chi connectivity index (χ2n) is 10.2. The Balaban J connectivity index is 3.09. The van der Waals surface area contributed by atoms with Crippen molar-refractivity contribution in [2.45, 2.75) is 84.8 Å². The molecule has 5 heteroatoms. The van der Waals surface area contributed by atoms with Gasteiger partial charge in [-0.15, -0.1) is 0 Å². The van der Waals surface area contributed by atoms with Crippen LogP contribution in [0.15, 0.2) is 18.2 Å². The summed E-state index contributed by atoms with van der Waals surface area (Å²) in [5.74, 6) is 0.537. The lowest BCUT2D eigenvalue weighted by atomic mass is 9.80. The summed E-state index contributed by atoms with van der Waals surface area (Å²) in [5, 5.41) is 0. The number of hydrogen-bond acceptors (Lipinski definition) is 4. The summed E-state index contributed by atoms with van der Waals surface area (Å²) in [4.78, 5) is 25.1. The lowest BCUT2D eigenvalue weighted by molar-refractivity contribution is -0.123. The fourth-order valence-electron chi connectivity index (χ4n) is 2.81. The molecule has 0 spiro atoms. The van der Waals surface area contributed by atoms with Crippen LogP contribution in [0.4, 0.5) is 4.79 Å². The van der Waals surface area contributed by atoms with Crippen molar-refractivity contribution in [3.05, 3.63) is 29.3 Å². The normalized spacial score (nSPS) is 12.9. The summed E-state index contributed by atoms with van der Waals surface area (Å²) in [7, 11) is 1.64. The van der Waals surface area contributed by atoms with Crippen molar-refractivity contribution in [2.24, 2.45) is 5.92 Å². The zero-order valence-corrected chi connectivity index (χ0v) is 20.2. The van der Waals surface area contributed by atoms with Crippen LogP contribution in [0.5, 0.6) is 5.75 Å². The molecule has 0 aromatic heterocycles. The van der Waals surface area contributed by atoms with E-state index in [1.807, 2.05) is 39.8 Å². The molecule has 1 aromatic rings. The van der Waals surface area contributed by atoms with E-state index in [0.717, 1.165) is 11.1 Å². The van der Waals surface area contributed by atoms with Crippen LogP contribution in [0.2, 0.25) is 0 Å². The van der Waals surface area contributed by atoms with E-state index in [9.17, 15) is 9.59 Å². The number of nitrogens with zero attached hydrogens (tertiary/aromatic N) is 1. The highest BCUT2D eigenvalue weighted by Crippen LogP contribution is 2.34. The lowest BCUT2D eigenvalue weighted by Gasteiger charge is -2.29. The van der Waals surface area contributed by atoms with Crippen LogP contribution in [-0.2, 0) is 15.6 Å². The van der Waals surface area contributed by atoms with Crippen molar-refractivity contribution in [2.75, 3.05) is 7.05 Å². The highest BCUT2D eigenvalue weighted by atomic mass is 32.2.